The number of aromatic nitrogens is 2. The Morgan fingerprint density at radius 2 is 1.87 bits per heavy atom. The number of rotatable bonds is 6. The van der Waals surface area contributed by atoms with Crippen molar-refractivity contribution in [1.82, 2.24) is 9.78 Å². The first-order valence-electron chi connectivity index (χ1n) is 9.83. The van der Waals surface area contributed by atoms with E-state index >= 15 is 0 Å². The highest BCUT2D eigenvalue weighted by Gasteiger charge is 2.17. The molecule has 0 saturated carbocycles. The van der Waals surface area contributed by atoms with Crippen LogP contribution in [0.1, 0.15) is 22.5 Å². The molecule has 0 N–H and O–H groups in total. The van der Waals surface area contributed by atoms with Gasteiger partial charge in [-0.15, -0.1) is 0 Å². The van der Waals surface area contributed by atoms with Gasteiger partial charge in [0.1, 0.15) is 17.9 Å². The van der Waals surface area contributed by atoms with Crippen LogP contribution in [-0.2, 0) is 22.6 Å². The van der Waals surface area contributed by atoms with E-state index in [0.717, 1.165) is 22.6 Å². The predicted octanol–water partition coefficient (Wildman–Crippen LogP) is 3.89. The van der Waals surface area contributed by atoms with Crippen LogP contribution in [0.4, 0.5) is 0 Å². The summed E-state index contributed by atoms with van der Waals surface area (Å²) in [5.74, 6) is 0.180. The van der Waals surface area contributed by atoms with Crippen LogP contribution in [0.15, 0.2) is 63.8 Å². The molecule has 2 heterocycles. The average Bonchev–Trinajstić information content (AvgIpc) is 3.05. The van der Waals surface area contributed by atoms with Crippen LogP contribution in [0.2, 0.25) is 0 Å². The molecule has 2 aromatic carbocycles. The summed E-state index contributed by atoms with van der Waals surface area (Å²) in [4.78, 5) is 24.5. The number of hydrogen-bond donors (Lipinski definition) is 0. The molecule has 0 aliphatic rings. The second-order valence-electron chi connectivity index (χ2n) is 7.19. The minimum Gasteiger partial charge on any atom is -0.497 e. The van der Waals surface area contributed by atoms with Crippen molar-refractivity contribution >= 4 is 16.9 Å². The van der Waals surface area contributed by atoms with Crippen LogP contribution in [0, 0.1) is 13.8 Å². The molecule has 0 aliphatic carbocycles. The molecular formula is C24H22N2O5. The highest BCUT2D eigenvalue weighted by molar-refractivity contribution is 5.82. The average molecular weight is 418 g/mol. The summed E-state index contributed by atoms with van der Waals surface area (Å²) < 4.78 is 17.7. The lowest BCUT2D eigenvalue weighted by Gasteiger charge is -2.09. The molecule has 7 nitrogen and oxygen atoms in total. The van der Waals surface area contributed by atoms with E-state index in [9.17, 15) is 9.59 Å². The Hall–Kier alpha value is -3.87. The molecule has 31 heavy (non-hydrogen) atoms. The lowest BCUT2D eigenvalue weighted by atomic mass is 10.1. The summed E-state index contributed by atoms with van der Waals surface area (Å²) in [6.07, 6.45) is 0.0949. The van der Waals surface area contributed by atoms with E-state index in [1.807, 2.05) is 48.9 Å². The molecule has 158 valence electrons. The van der Waals surface area contributed by atoms with Crippen molar-refractivity contribution in [3.05, 3.63) is 87.5 Å². The lowest BCUT2D eigenvalue weighted by molar-refractivity contribution is -0.144. The van der Waals surface area contributed by atoms with Crippen molar-refractivity contribution in [1.29, 1.82) is 0 Å². The molecule has 7 heteroatoms. The molecule has 0 bridgehead atoms. The number of ether oxygens (including phenoxy) is 2. The standard InChI is InChI=1S/C24H22N2O5/c1-15-21(16(2)26(25-15)18-7-5-4-6-8-18)13-23(27)30-14-17-11-24(28)31-22-12-19(29-3)9-10-20(17)22/h4-12H,13-14H2,1-3H3. The third-order valence-corrected chi connectivity index (χ3v) is 5.19. The SMILES string of the molecule is COc1ccc2c(COC(=O)Cc3c(C)nn(-c4ccccc4)c3C)cc(=O)oc2c1. The monoisotopic (exact) mass is 418 g/mol. The summed E-state index contributed by atoms with van der Waals surface area (Å²) in [7, 11) is 1.54. The summed E-state index contributed by atoms with van der Waals surface area (Å²) in [5, 5.41) is 5.26. The van der Waals surface area contributed by atoms with Gasteiger partial charge in [-0.1, -0.05) is 18.2 Å². The molecule has 0 fully saturated rings. The summed E-state index contributed by atoms with van der Waals surface area (Å²) in [5.41, 5.74) is 3.87. The second kappa shape index (κ2) is 8.47. The zero-order valence-corrected chi connectivity index (χ0v) is 17.5. The largest absolute Gasteiger partial charge is 0.497 e. The predicted molar refractivity (Wildman–Crippen MR) is 116 cm³/mol. The van der Waals surface area contributed by atoms with Gasteiger partial charge < -0.3 is 13.9 Å². The van der Waals surface area contributed by atoms with Crippen LogP contribution < -0.4 is 10.4 Å². The summed E-state index contributed by atoms with van der Waals surface area (Å²) in [6, 6.07) is 16.3. The van der Waals surface area contributed by atoms with Gasteiger partial charge in [0, 0.05) is 34.3 Å². The number of nitrogens with zero attached hydrogens (tertiary/aromatic N) is 2. The minimum atomic E-state index is -0.511. The lowest BCUT2D eigenvalue weighted by Crippen LogP contribution is -2.11. The Kier molecular flexibility index (Phi) is 5.58. The number of aryl methyl sites for hydroxylation is 1. The topological polar surface area (TPSA) is 83.6 Å². The molecule has 0 amide bonds. The van der Waals surface area contributed by atoms with Gasteiger partial charge in [-0.2, -0.15) is 5.10 Å². The van der Waals surface area contributed by atoms with E-state index in [1.54, 1.807) is 18.2 Å². The number of fused-ring (bicyclic) bond motifs is 1. The zero-order valence-electron chi connectivity index (χ0n) is 17.5. The summed E-state index contributed by atoms with van der Waals surface area (Å²) >= 11 is 0. The number of methoxy groups -OCH3 is 1. The van der Waals surface area contributed by atoms with Gasteiger partial charge in [-0.3, -0.25) is 4.79 Å². The normalized spacial score (nSPS) is 10.9. The van der Waals surface area contributed by atoms with E-state index in [4.69, 9.17) is 13.9 Å². The number of benzene rings is 2. The minimum absolute atomic E-state index is 0.0296. The van der Waals surface area contributed by atoms with Gasteiger partial charge in [0.05, 0.1) is 24.9 Å². The Morgan fingerprint density at radius 3 is 2.61 bits per heavy atom. The quantitative estimate of drug-likeness (QED) is 0.349. The Bertz CT molecular complexity index is 1310. The van der Waals surface area contributed by atoms with E-state index < -0.39 is 11.6 Å². The first kappa shape index (κ1) is 20.4. The maximum Gasteiger partial charge on any atom is 0.336 e. The highest BCUT2D eigenvalue weighted by Crippen LogP contribution is 2.23. The van der Waals surface area contributed by atoms with Crippen LogP contribution in [0.5, 0.6) is 5.75 Å². The number of esters is 1. The van der Waals surface area contributed by atoms with E-state index in [2.05, 4.69) is 5.10 Å². The zero-order chi connectivity index (χ0) is 22.0. The third-order valence-electron chi connectivity index (χ3n) is 5.19. The summed E-state index contributed by atoms with van der Waals surface area (Å²) in [6.45, 7) is 3.77. The molecule has 0 radical (unpaired) electrons. The van der Waals surface area contributed by atoms with Crippen LogP contribution in [0.3, 0.4) is 0 Å². The molecule has 0 unspecified atom stereocenters. The molecule has 0 saturated heterocycles. The Morgan fingerprint density at radius 1 is 1.10 bits per heavy atom. The maximum atomic E-state index is 12.6. The number of carbonyl (C=O) groups is 1. The maximum absolute atomic E-state index is 12.6. The van der Waals surface area contributed by atoms with E-state index in [0.29, 0.717) is 22.3 Å². The van der Waals surface area contributed by atoms with Gasteiger partial charge >= 0.3 is 11.6 Å². The molecule has 0 aliphatic heterocycles. The van der Waals surface area contributed by atoms with Crippen LogP contribution >= 0.6 is 0 Å². The van der Waals surface area contributed by atoms with Crippen LogP contribution in [0.25, 0.3) is 16.7 Å². The molecule has 2 aromatic heterocycles. The van der Waals surface area contributed by atoms with Crippen molar-refractivity contribution in [2.45, 2.75) is 26.9 Å². The van der Waals surface area contributed by atoms with E-state index in [1.165, 1.54) is 13.2 Å². The molecule has 4 rings (SSSR count). The fourth-order valence-corrected chi connectivity index (χ4v) is 3.56. The van der Waals surface area contributed by atoms with Crippen molar-refractivity contribution < 1.29 is 18.7 Å². The van der Waals surface area contributed by atoms with Crippen molar-refractivity contribution in [3.63, 3.8) is 0 Å². The highest BCUT2D eigenvalue weighted by atomic mass is 16.5. The molecule has 0 spiro atoms. The van der Waals surface area contributed by atoms with Gasteiger partial charge in [0.25, 0.3) is 0 Å². The van der Waals surface area contributed by atoms with Gasteiger partial charge in [-0.25, -0.2) is 9.48 Å². The van der Waals surface area contributed by atoms with Gasteiger partial charge in [0.2, 0.25) is 0 Å². The molecular weight excluding hydrogens is 396 g/mol. The Balaban J connectivity index is 1.52. The number of hydrogen-bond acceptors (Lipinski definition) is 6. The smallest absolute Gasteiger partial charge is 0.336 e. The Labute approximate surface area is 178 Å². The number of carbonyl (C=O) groups excluding carboxylic acids is 1. The fourth-order valence-electron chi connectivity index (χ4n) is 3.56. The van der Waals surface area contributed by atoms with Gasteiger partial charge in [0.15, 0.2) is 0 Å². The third kappa shape index (κ3) is 4.21. The van der Waals surface area contributed by atoms with Crippen molar-refractivity contribution in [2.75, 3.05) is 7.11 Å². The number of para-hydroxylation sites is 1. The van der Waals surface area contributed by atoms with Crippen LogP contribution in [-0.4, -0.2) is 22.9 Å². The van der Waals surface area contributed by atoms with Crippen molar-refractivity contribution in [2.24, 2.45) is 0 Å². The van der Waals surface area contributed by atoms with E-state index in [-0.39, 0.29) is 13.0 Å². The first-order chi connectivity index (χ1) is 15.0. The van der Waals surface area contributed by atoms with Crippen molar-refractivity contribution in [3.8, 4) is 11.4 Å². The molecule has 0 atom stereocenters. The molecule has 4 aromatic rings. The van der Waals surface area contributed by atoms with Gasteiger partial charge in [-0.05, 0) is 38.1 Å². The first-order valence-corrected chi connectivity index (χ1v) is 9.83. The second-order valence-corrected chi connectivity index (χ2v) is 7.19. The fraction of sp³-hybridized carbons (Fsp3) is 0.208.